The molecule has 56 valence electrons. The van der Waals surface area contributed by atoms with E-state index in [9.17, 15) is 22.0 Å². The molecule has 1 nitrogen and oxygen atoms in total. The largest absolute Gasteiger partial charge is 0.409 e. The average Bonchev–Trinajstić information content (AvgIpc) is 1.62. The highest BCUT2D eigenvalue weighted by Crippen LogP contribution is 2.22. The van der Waals surface area contributed by atoms with Gasteiger partial charge in [0.2, 0.25) is 0 Å². The van der Waals surface area contributed by atoms with Crippen molar-refractivity contribution in [2.45, 2.75) is 18.6 Å². The molecule has 0 bridgehead atoms. The first kappa shape index (κ1) is 8.61. The Kier molecular flexibility index (Phi) is 2.36. The quantitative estimate of drug-likeness (QED) is 0.556. The standard InChI is InChI=1S/C3H4F5N/c4-2(5)1(9)3(6,7)8/h1-2H,9H2/t1-/m1/s1. The molecule has 0 aliphatic heterocycles. The zero-order valence-corrected chi connectivity index (χ0v) is 4.12. The molecule has 6 heteroatoms. The molecule has 0 heterocycles. The Morgan fingerprint density at radius 2 is 1.44 bits per heavy atom. The molecule has 1 atom stereocenters. The number of rotatable bonds is 1. The Hall–Kier alpha value is -0.390. The van der Waals surface area contributed by atoms with E-state index in [1.165, 1.54) is 0 Å². The summed E-state index contributed by atoms with van der Waals surface area (Å²) < 4.78 is 55.4. The van der Waals surface area contributed by atoms with Gasteiger partial charge in [-0.2, -0.15) is 13.2 Å². The van der Waals surface area contributed by atoms with Crippen LogP contribution in [0.1, 0.15) is 0 Å². The summed E-state index contributed by atoms with van der Waals surface area (Å²) in [6.07, 6.45) is -8.53. The van der Waals surface area contributed by atoms with Crippen LogP contribution in [0.5, 0.6) is 0 Å². The molecule has 0 aromatic heterocycles. The van der Waals surface area contributed by atoms with Crippen molar-refractivity contribution < 1.29 is 22.0 Å². The summed E-state index contributed by atoms with van der Waals surface area (Å²) in [6.45, 7) is 0. The Morgan fingerprint density at radius 3 is 1.44 bits per heavy atom. The summed E-state index contributed by atoms with van der Waals surface area (Å²) in [7, 11) is 0. The molecular weight excluding hydrogens is 145 g/mol. The normalized spacial score (nSPS) is 16.3. The SMILES string of the molecule is N[C@H](C(F)F)C(F)(F)F. The van der Waals surface area contributed by atoms with E-state index in [0.717, 1.165) is 0 Å². The fourth-order valence-electron chi connectivity index (χ4n) is 0.143. The fourth-order valence-corrected chi connectivity index (χ4v) is 0.143. The first-order valence-electron chi connectivity index (χ1n) is 1.96. The molecule has 0 spiro atoms. The Bertz CT molecular complexity index is 86.7. The number of halogens is 5. The summed E-state index contributed by atoms with van der Waals surface area (Å²) >= 11 is 0. The molecular formula is C3H4F5N. The van der Waals surface area contributed by atoms with E-state index in [1.807, 2.05) is 0 Å². The maximum absolute atomic E-state index is 11.1. The van der Waals surface area contributed by atoms with Gasteiger partial charge in [0.1, 0.15) is 0 Å². The van der Waals surface area contributed by atoms with Gasteiger partial charge >= 0.3 is 6.18 Å². The summed E-state index contributed by atoms with van der Waals surface area (Å²) in [6, 6.07) is -3.02. The molecule has 0 aliphatic rings. The molecule has 0 aromatic carbocycles. The van der Waals surface area contributed by atoms with Crippen molar-refractivity contribution in [2.24, 2.45) is 5.73 Å². The lowest BCUT2D eigenvalue weighted by Gasteiger charge is -2.13. The van der Waals surface area contributed by atoms with Gasteiger partial charge in [0, 0.05) is 0 Å². The second kappa shape index (κ2) is 2.47. The highest BCUT2D eigenvalue weighted by molar-refractivity contribution is 4.71. The molecule has 9 heavy (non-hydrogen) atoms. The highest BCUT2D eigenvalue weighted by atomic mass is 19.4. The van der Waals surface area contributed by atoms with Crippen molar-refractivity contribution in [3.05, 3.63) is 0 Å². The van der Waals surface area contributed by atoms with Crippen LogP contribution in [0, 0.1) is 0 Å². The first-order chi connectivity index (χ1) is 3.85. The molecule has 0 saturated carbocycles. The van der Waals surface area contributed by atoms with Crippen LogP contribution in [0.25, 0.3) is 0 Å². The maximum atomic E-state index is 11.1. The number of nitrogens with two attached hydrogens (primary N) is 1. The van der Waals surface area contributed by atoms with E-state index in [-0.39, 0.29) is 0 Å². The zero-order chi connectivity index (χ0) is 7.65. The first-order valence-corrected chi connectivity index (χ1v) is 1.96. The van der Waals surface area contributed by atoms with Crippen LogP contribution in [0.15, 0.2) is 0 Å². The maximum Gasteiger partial charge on any atom is 0.409 e. The van der Waals surface area contributed by atoms with Gasteiger partial charge in [0.25, 0.3) is 6.43 Å². The van der Waals surface area contributed by atoms with Gasteiger partial charge in [0.05, 0.1) is 0 Å². The number of hydrogen-bond donors (Lipinski definition) is 1. The molecule has 0 amide bonds. The van der Waals surface area contributed by atoms with Crippen LogP contribution in [0.2, 0.25) is 0 Å². The molecule has 0 radical (unpaired) electrons. The lowest BCUT2D eigenvalue weighted by molar-refractivity contribution is -0.174. The van der Waals surface area contributed by atoms with Crippen molar-refractivity contribution in [3.8, 4) is 0 Å². The van der Waals surface area contributed by atoms with Crippen molar-refractivity contribution >= 4 is 0 Å². The number of alkyl halides is 5. The van der Waals surface area contributed by atoms with Crippen molar-refractivity contribution in [2.75, 3.05) is 0 Å². The summed E-state index contributed by atoms with van der Waals surface area (Å²) in [5.74, 6) is 0. The lowest BCUT2D eigenvalue weighted by atomic mass is 10.3. The molecule has 0 fully saturated rings. The second-order valence-electron chi connectivity index (χ2n) is 1.40. The minimum absolute atomic E-state index is 3.02. The van der Waals surface area contributed by atoms with Crippen LogP contribution in [-0.2, 0) is 0 Å². The third-order valence-electron chi connectivity index (χ3n) is 0.649. The Morgan fingerprint density at radius 1 is 1.11 bits per heavy atom. The van der Waals surface area contributed by atoms with Crippen LogP contribution >= 0.6 is 0 Å². The van der Waals surface area contributed by atoms with Crippen LogP contribution in [0.3, 0.4) is 0 Å². The smallest absolute Gasteiger partial charge is 0.315 e. The molecule has 0 aromatic rings. The van der Waals surface area contributed by atoms with Crippen molar-refractivity contribution in [1.82, 2.24) is 0 Å². The Labute approximate surface area is 47.6 Å². The van der Waals surface area contributed by atoms with Crippen molar-refractivity contribution in [3.63, 3.8) is 0 Å². The predicted octanol–water partition coefficient (Wildman–Crippen LogP) is 1.14. The van der Waals surface area contributed by atoms with Gasteiger partial charge < -0.3 is 5.73 Å². The number of hydrogen-bond acceptors (Lipinski definition) is 1. The van der Waals surface area contributed by atoms with Gasteiger partial charge in [-0.25, -0.2) is 8.78 Å². The third kappa shape index (κ3) is 2.59. The van der Waals surface area contributed by atoms with Crippen LogP contribution < -0.4 is 5.73 Å². The summed E-state index contributed by atoms with van der Waals surface area (Å²) in [5, 5.41) is 0. The Balaban J connectivity index is 3.88. The topological polar surface area (TPSA) is 26.0 Å². The van der Waals surface area contributed by atoms with Crippen molar-refractivity contribution in [1.29, 1.82) is 0 Å². The van der Waals surface area contributed by atoms with Gasteiger partial charge in [0.15, 0.2) is 6.04 Å². The summed E-state index contributed by atoms with van der Waals surface area (Å²) in [5.41, 5.74) is 4.02. The van der Waals surface area contributed by atoms with E-state index in [0.29, 0.717) is 0 Å². The molecule has 0 unspecified atom stereocenters. The lowest BCUT2D eigenvalue weighted by Crippen LogP contribution is -2.43. The monoisotopic (exact) mass is 149 g/mol. The van der Waals surface area contributed by atoms with E-state index >= 15 is 0 Å². The van der Waals surface area contributed by atoms with E-state index in [4.69, 9.17) is 0 Å². The van der Waals surface area contributed by atoms with E-state index in [1.54, 1.807) is 0 Å². The molecule has 0 saturated heterocycles. The zero-order valence-electron chi connectivity index (χ0n) is 4.12. The minimum Gasteiger partial charge on any atom is -0.315 e. The van der Waals surface area contributed by atoms with E-state index < -0.39 is 18.6 Å². The third-order valence-corrected chi connectivity index (χ3v) is 0.649. The highest BCUT2D eigenvalue weighted by Gasteiger charge is 2.42. The van der Waals surface area contributed by atoms with Crippen LogP contribution in [0.4, 0.5) is 22.0 Å². The second-order valence-corrected chi connectivity index (χ2v) is 1.40. The molecule has 0 rings (SSSR count). The fraction of sp³-hybridized carbons (Fsp3) is 1.00. The minimum atomic E-state index is -4.99. The van der Waals surface area contributed by atoms with Crippen LogP contribution in [-0.4, -0.2) is 18.6 Å². The summed E-state index contributed by atoms with van der Waals surface area (Å²) in [4.78, 5) is 0. The molecule has 0 aliphatic carbocycles. The van der Waals surface area contributed by atoms with Gasteiger partial charge in [-0.3, -0.25) is 0 Å². The predicted molar refractivity (Wildman–Crippen MR) is 20.0 cm³/mol. The van der Waals surface area contributed by atoms with Gasteiger partial charge in [-0.05, 0) is 0 Å². The average molecular weight is 149 g/mol. The van der Waals surface area contributed by atoms with E-state index in [2.05, 4.69) is 5.73 Å². The van der Waals surface area contributed by atoms with Gasteiger partial charge in [-0.1, -0.05) is 0 Å². The van der Waals surface area contributed by atoms with Gasteiger partial charge in [-0.15, -0.1) is 0 Å². The molecule has 2 N–H and O–H groups in total.